The van der Waals surface area contributed by atoms with Crippen molar-refractivity contribution in [3.05, 3.63) is 60.2 Å². The van der Waals surface area contributed by atoms with Gasteiger partial charge in [-0.1, -0.05) is 42.5 Å². The molecule has 2 aromatic carbocycles. The summed E-state index contributed by atoms with van der Waals surface area (Å²) in [5.74, 6) is 1.41. The summed E-state index contributed by atoms with van der Waals surface area (Å²) in [6.07, 6.45) is 0. The van der Waals surface area contributed by atoms with Crippen LogP contribution in [0.1, 0.15) is 5.56 Å². The van der Waals surface area contributed by atoms with E-state index >= 15 is 0 Å². The fourth-order valence-corrected chi connectivity index (χ4v) is 2.41. The van der Waals surface area contributed by atoms with E-state index in [9.17, 15) is 5.26 Å². The van der Waals surface area contributed by atoms with Crippen LogP contribution in [0, 0.1) is 11.3 Å². The van der Waals surface area contributed by atoms with Crippen molar-refractivity contribution in [2.24, 2.45) is 0 Å². The van der Waals surface area contributed by atoms with E-state index in [0.29, 0.717) is 22.6 Å². The molecule has 0 saturated carbocycles. The molecule has 0 atom stereocenters. The van der Waals surface area contributed by atoms with Crippen LogP contribution in [0.15, 0.2) is 59.0 Å². The number of nitriles is 1. The van der Waals surface area contributed by atoms with Crippen LogP contribution >= 0.6 is 0 Å². The first-order chi connectivity index (χ1) is 10.7. The second kappa shape index (κ2) is 5.66. The number of ether oxygens (including phenoxy) is 1. The van der Waals surface area contributed by atoms with Gasteiger partial charge in [0.05, 0.1) is 12.7 Å². The monoisotopic (exact) mass is 290 g/mol. The minimum Gasteiger partial charge on any atom is -0.497 e. The molecular formula is C18H14N2O2. The van der Waals surface area contributed by atoms with Gasteiger partial charge in [0.15, 0.2) is 11.6 Å². The number of nitrogens with zero attached hydrogens (tertiary/aromatic N) is 1. The van der Waals surface area contributed by atoms with E-state index in [1.54, 1.807) is 7.11 Å². The molecule has 0 amide bonds. The average Bonchev–Trinajstić information content (AvgIpc) is 2.92. The molecule has 0 aliphatic carbocycles. The zero-order valence-electron chi connectivity index (χ0n) is 12.0. The maximum absolute atomic E-state index is 9.56. The maximum Gasteiger partial charge on any atom is 0.200 e. The van der Waals surface area contributed by atoms with Crippen molar-refractivity contribution >= 4 is 5.88 Å². The molecule has 3 rings (SSSR count). The summed E-state index contributed by atoms with van der Waals surface area (Å²) in [5, 5.41) is 9.56. The Hall–Kier alpha value is -3.19. The summed E-state index contributed by atoms with van der Waals surface area (Å²) < 4.78 is 10.9. The first-order valence-corrected chi connectivity index (χ1v) is 6.76. The Bertz CT molecular complexity index is 845. The molecule has 0 saturated heterocycles. The molecule has 0 aliphatic rings. The Labute approximate surface area is 128 Å². The average molecular weight is 290 g/mol. The molecule has 22 heavy (non-hydrogen) atoms. The third-order valence-electron chi connectivity index (χ3n) is 3.44. The Balaban J connectivity index is 2.21. The second-order valence-corrected chi connectivity index (χ2v) is 4.76. The van der Waals surface area contributed by atoms with Crippen molar-refractivity contribution in [2.45, 2.75) is 0 Å². The molecule has 0 radical (unpaired) electrons. The zero-order valence-corrected chi connectivity index (χ0v) is 12.0. The quantitative estimate of drug-likeness (QED) is 0.789. The minimum atomic E-state index is 0.226. The number of hydrogen-bond donors (Lipinski definition) is 1. The zero-order chi connectivity index (χ0) is 15.5. The van der Waals surface area contributed by atoms with Crippen LogP contribution in [-0.2, 0) is 0 Å². The lowest BCUT2D eigenvalue weighted by atomic mass is 10.00. The van der Waals surface area contributed by atoms with Gasteiger partial charge < -0.3 is 14.9 Å². The predicted molar refractivity (Wildman–Crippen MR) is 85.3 cm³/mol. The summed E-state index contributed by atoms with van der Waals surface area (Å²) in [6.45, 7) is 0. The number of anilines is 1. The first-order valence-electron chi connectivity index (χ1n) is 6.76. The van der Waals surface area contributed by atoms with Crippen molar-refractivity contribution < 1.29 is 9.15 Å². The largest absolute Gasteiger partial charge is 0.497 e. The third kappa shape index (κ3) is 2.29. The molecule has 0 unspecified atom stereocenters. The fraction of sp³-hybridized carbons (Fsp3) is 0.0556. The van der Waals surface area contributed by atoms with Gasteiger partial charge in [0, 0.05) is 5.56 Å². The van der Waals surface area contributed by atoms with Crippen LogP contribution in [0.25, 0.3) is 22.5 Å². The van der Waals surface area contributed by atoms with Crippen molar-refractivity contribution in [2.75, 3.05) is 12.8 Å². The maximum atomic E-state index is 9.56. The van der Waals surface area contributed by atoms with Gasteiger partial charge in [-0.25, -0.2) is 0 Å². The summed E-state index contributed by atoms with van der Waals surface area (Å²) in [6, 6.07) is 19.1. The predicted octanol–water partition coefficient (Wildman–Crippen LogP) is 4.08. The fourth-order valence-electron chi connectivity index (χ4n) is 2.41. The SMILES string of the molecule is COc1cccc(-c2c(N)oc(-c3ccccc3)c2C#N)c1. The molecule has 0 aliphatic heterocycles. The summed E-state index contributed by atoms with van der Waals surface area (Å²) >= 11 is 0. The van der Waals surface area contributed by atoms with Gasteiger partial charge in [-0.15, -0.1) is 0 Å². The van der Waals surface area contributed by atoms with E-state index in [4.69, 9.17) is 14.9 Å². The topological polar surface area (TPSA) is 72.2 Å². The third-order valence-corrected chi connectivity index (χ3v) is 3.44. The molecule has 4 nitrogen and oxygen atoms in total. The number of hydrogen-bond acceptors (Lipinski definition) is 4. The van der Waals surface area contributed by atoms with Crippen molar-refractivity contribution in [1.82, 2.24) is 0 Å². The summed E-state index contributed by atoms with van der Waals surface area (Å²) in [4.78, 5) is 0. The highest BCUT2D eigenvalue weighted by atomic mass is 16.5. The highest BCUT2D eigenvalue weighted by molar-refractivity contribution is 5.86. The smallest absolute Gasteiger partial charge is 0.200 e. The summed E-state index contributed by atoms with van der Waals surface area (Å²) in [7, 11) is 1.60. The molecule has 0 spiro atoms. The van der Waals surface area contributed by atoms with Gasteiger partial charge in [0.2, 0.25) is 0 Å². The van der Waals surface area contributed by atoms with Gasteiger partial charge in [0.1, 0.15) is 17.4 Å². The summed E-state index contributed by atoms with van der Waals surface area (Å²) in [5.41, 5.74) is 8.66. The lowest BCUT2D eigenvalue weighted by molar-refractivity contribution is 0.415. The number of furan rings is 1. The van der Waals surface area contributed by atoms with Gasteiger partial charge in [0.25, 0.3) is 0 Å². The molecule has 1 aromatic heterocycles. The van der Waals surface area contributed by atoms with E-state index in [1.807, 2.05) is 54.6 Å². The minimum absolute atomic E-state index is 0.226. The Morgan fingerprint density at radius 3 is 2.45 bits per heavy atom. The highest BCUT2D eigenvalue weighted by Gasteiger charge is 2.21. The lowest BCUT2D eigenvalue weighted by Crippen LogP contribution is -1.89. The van der Waals surface area contributed by atoms with Crippen LogP contribution in [-0.4, -0.2) is 7.11 Å². The van der Waals surface area contributed by atoms with E-state index in [2.05, 4.69) is 6.07 Å². The lowest BCUT2D eigenvalue weighted by Gasteiger charge is -2.03. The first kappa shape index (κ1) is 13.8. The molecular weight excluding hydrogens is 276 g/mol. The molecule has 0 bridgehead atoms. The molecule has 4 heteroatoms. The Morgan fingerprint density at radius 1 is 1.05 bits per heavy atom. The van der Waals surface area contributed by atoms with Crippen LogP contribution in [0.5, 0.6) is 5.75 Å². The van der Waals surface area contributed by atoms with Crippen LogP contribution < -0.4 is 10.5 Å². The van der Waals surface area contributed by atoms with E-state index < -0.39 is 0 Å². The number of benzene rings is 2. The van der Waals surface area contributed by atoms with Crippen LogP contribution in [0.2, 0.25) is 0 Å². The van der Waals surface area contributed by atoms with Crippen LogP contribution in [0.4, 0.5) is 5.88 Å². The Morgan fingerprint density at radius 2 is 1.77 bits per heavy atom. The van der Waals surface area contributed by atoms with E-state index in [0.717, 1.165) is 11.1 Å². The van der Waals surface area contributed by atoms with E-state index in [1.165, 1.54) is 0 Å². The molecule has 3 aromatic rings. The van der Waals surface area contributed by atoms with Crippen LogP contribution in [0.3, 0.4) is 0 Å². The van der Waals surface area contributed by atoms with Crippen molar-refractivity contribution in [1.29, 1.82) is 5.26 Å². The molecule has 0 fully saturated rings. The standard InChI is InChI=1S/C18H14N2O2/c1-21-14-9-5-8-13(10-14)16-15(11-19)17(22-18(16)20)12-6-3-2-4-7-12/h2-10H,20H2,1H3. The number of nitrogens with two attached hydrogens (primary N) is 1. The van der Waals surface area contributed by atoms with Gasteiger partial charge in [-0.05, 0) is 17.7 Å². The molecule has 2 N–H and O–H groups in total. The number of nitrogen functional groups attached to an aromatic ring is 1. The normalized spacial score (nSPS) is 10.2. The number of methoxy groups -OCH3 is 1. The van der Waals surface area contributed by atoms with E-state index in [-0.39, 0.29) is 5.88 Å². The highest BCUT2D eigenvalue weighted by Crippen LogP contribution is 2.40. The second-order valence-electron chi connectivity index (χ2n) is 4.76. The molecule has 108 valence electrons. The van der Waals surface area contributed by atoms with Gasteiger partial charge in [-0.2, -0.15) is 5.26 Å². The van der Waals surface area contributed by atoms with Crippen molar-refractivity contribution in [3.63, 3.8) is 0 Å². The Kier molecular flexibility index (Phi) is 3.55. The number of rotatable bonds is 3. The van der Waals surface area contributed by atoms with Gasteiger partial charge in [-0.3, -0.25) is 0 Å². The molecule has 1 heterocycles. The van der Waals surface area contributed by atoms with Crippen molar-refractivity contribution in [3.8, 4) is 34.3 Å². The van der Waals surface area contributed by atoms with Gasteiger partial charge >= 0.3 is 0 Å².